The molecule has 18 heteroatoms. The van der Waals surface area contributed by atoms with Gasteiger partial charge in [-0.3, -0.25) is 19.2 Å². The number of esters is 2. The van der Waals surface area contributed by atoms with Crippen LogP contribution in [0.5, 0.6) is 11.5 Å². The Balaban J connectivity index is 2.78. The molecule has 296 valence electrons. The minimum atomic E-state index is -1.22. The number of para-hydroxylation sites is 1. The van der Waals surface area contributed by atoms with Crippen molar-refractivity contribution >= 4 is 47.8 Å². The van der Waals surface area contributed by atoms with E-state index in [0.717, 1.165) is 0 Å². The molecule has 0 aliphatic rings. The summed E-state index contributed by atoms with van der Waals surface area (Å²) < 4.78 is 21.2. The molecular formula is C35H54N6O12. The lowest BCUT2D eigenvalue weighted by Gasteiger charge is -2.23. The van der Waals surface area contributed by atoms with Gasteiger partial charge in [0.25, 0.3) is 0 Å². The zero-order valence-electron chi connectivity index (χ0n) is 32.6. The molecule has 0 saturated carbocycles. The summed E-state index contributed by atoms with van der Waals surface area (Å²) in [5.74, 6) is -4.94. The summed E-state index contributed by atoms with van der Waals surface area (Å²) in [6, 6.07) is -2.25. The first-order chi connectivity index (χ1) is 24.2. The quantitative estimate of drug-likeness (QED) is 0.117. The van der Waals surface area contributed by atoms with E-state index in [1.807, 2.05) is 0 Å². The number of benzene rings is 1. The first-order valence-corrected chi connectivity index (χ1v) is 16.9. The maximum Gasteiger partial charge on any atom is 0.408 e. The average Bonchev–Trinajstić information content (AvgIpc) is 3.00. The van der Waals surface area contributed by atoms with E-state index in [0.29, 0.717) is 5.56 Å². The lowest BCUT2D eigenvalue weighted by Crippen LogP contribution is -2.54. The van der Waals surface area contributed by atoms with Crippen molar-refractivity contribution in [3.8, 4) is 11.5 Å². The zero-order valence-corrected chi connectivity index (χ0v) is 32.6. The third-order valence-electron chi connectivity index (χ3n) is 6.77. The number of aryl methyl sites for hydroxylation is 1. The number of alkyl carbamates (subject to hydrolysis) is 2. The number of carbonyl (C=O) groups is 8. The summed E-state index contributed by atoms with van der Waals surface area (Å²) in [4.78, 5) is 100. The molecule has 18 nitrogen and oxygen atoms in total. The molecule has 1 aromatic rings. The van der Waals surface area contributed by atoms with Crippen molar-refractivity contribution in [2.75, 3.05) is 0 Å². The van der Waals surface area contributed by atoms with Crippen molar-refractivity contribution in [1.82, 2.24) is 31.9 Å². The van der Waals surface area contributed by atoms with Crippen LogP contribution in [0.1, 0.15) is 88.6 Å². The molecule has 0 saturated heterocycles. The Bertz CT molecular complexity index is 1530. The van der Waals surface area contributed by atoms with Gasteiger partial charge in [0.15, 0.2) is 11.5 Å². The Morgan fingerprint density at radius 1 is 0.491 bits per heavy atom. The summed E-state index contributed by atoms with van der Waals surface area (Å²) >= 11 is 0. The highest BCUT2D eigenvalue weighted by molar-refractivity contribution is 5.94. The van der Waals surface area contributed by atoms with Gasteiger partial charge in [-0.1, -0.05) is 12.1 Å². The van der Waals surface area contributed by atoms with Gasteiger partial charge in [0.2, 0.25) is 23.6 Å². The lowest BCUT2D eigenvalue weighted by atomic mass is 10.2. The predicted octanol–water partition coefficient (Wildman–Crippen LogP) is 1.65. The highest BCUT2D eigenvalue weighted by Crippen LogP contribution is 2.31. The fourth-order valence-electron chi connectivity index (χ4n) is 3.92. The van der Waals surface area contributed by atoms with Gasteiger partial charge in [0, 0.05) is 0 Å². The second kappa shape index (κ2) is 19.4. The number of hydrogen-bond acceptors (Lipinski definition) is 12. The van der Waals surface area contributed by atoms with Gasteiger partial charge in [-0.15, -0.1) is 0 Å². The Kier molecular flexibility index (Phi) is 16.7. The van der Waals surface area contributed by atoms with Crippen LogP contribution >= 0.6 is 0 Å². The molecule has 0 aliphatic carbocycles. The van der Waals surface area contributed by atoms with E-state index in [1.165, 1.54) is 53.7 Å². The fraction of sp³-hybridized carbons (Fsp3) is 0.600. The van der Waals surface area contributed by atoms with Crippen molar-refractivity contribution < 1.29 is 57.3 Å². The Morgan fingerprint density at radius 3 is 1.17 bits per heavy atom. The van der Waals surface area contributed by atoms with Crippen molar-refractivity contribution in [2.45, 2.75) is 137 Å². The molecule has 6 N–H and O–H groups in total. The highest BCUT2D eigenvalue weighted by atomic mass is 16.6. The lowest BCUT2D eigenvalue weighted by molar-refractivity contribution is -0.141. The summed E-state index contributed by atoms with van der Waals surface area (Å²) in [6.07, 6.45) is -1.63. The van der Waals surface area contributed by atoms with Gasteiger partial charge < -0.3 is 50.8 Å². The van der Waals surface area contributed by atoms with Crippen LogP contribution in [0.2, 0.25) is 0 Å². The summed E-state index contributed by atoms with van der Waals surface area (Å²) in [5.41, 5.74) is -1.15. The summed E-state index contributed by atoms with van der Waals surface area (Å²) in [5, 5.41) is 14.5. The van der Waals surface area contributed by atoms with E-state index in [2.05, 4.69) is 31.9 Å². The van der Waals surface area contributed by atoms with Crippen LogP contribution in [0.3, 0.4) is 0 Å². The van der Waals surface area contributed by atoms with Crippen molar-refractivity contribution in [3.05, 3.63) is 23.8 Å². The van der Waals surface area contributed by atoms with Crippen LogP contribution in [0.4, 0.5) is 9.59 Å². The highest BCUT2D eigenvalue weighted by Gasteiger charge is 2.29. The number of amides is 6. The molecule has 0 spiro atoms. The molecule has 6 amide bonds. The van der Waals surface area contributed by atoms with Crippen LogP contribution in [-0.2, 0) is 38.2 Å². The Morgan fingerprint density at radius 2 is 0.811 bits per heavy atom. The molecular weight excluding hydrogens is 696 g/mol. The number of rotatable bonds is 14. The zero-order chi connectivity index (χ0) is 41.0. The SMILES string of the molecule is Cc1cccc(OC(=O)C(C)NC(=O)C(C)NC(=O)C(C)NC(=O)OC(C)(C)C)c1OC(=O)C(C)NC(=O)C(C)NC(=O)C(C)NC(=O)OC(C)(C)C. The van der Waals surface area contributed by atoms with Gasteiger partial charge in [0.1, 0.15) is 47.5 Å². The van der Waals surface area contributed by atoms with Gasteiger partial charge in [-0.25, -0.2) is 19.2 Å². The van der Waals surface area contributed by atoms with Gasteiger partial charge >= 0.3 is 24.1 Å². The number of nitrogens with one attached hydrogen (secondary N) is 6. The second-order valence-corrected chi connectivity index (χ2v) is 14.4. The van der Waals surface area contributed by atoms with E-state index in [-0.39, 0.29) is 11.5 Å². The molecule has 0 radical (unpaired) electrons. The van der Waals surface area contributed by atoms with Crippen LogP contribution in [0.15, 0.2) is 18.2 Å². The van der Waals surface area contributed by atoms with Crippen LogP contribution in [0.25, 0.3) is 0 Å². The maximum absolute atomic E-state index is 13.0. The fourth-order valence-corrected chi connectivity index (χ4v) is 3.92. The van der Waals surface area contributed by atoms with Crippen molar-refractivity contribution in [2.24, 2.45) is 0 Å². The van der Waals surface area contributed by atoms with Crippen LogP contribution < -0.4 is 41.4 Å². The smallest absolute Gasteiger partial charge is 0.408 e. The van der Waals surface area contributed by atoms with Crippen LogP contribution in [0, 0.1) is 6.92 Å². The molecule has 0 aliphatic heterocycles. The first-order valence-electron chi connectivity index (χ1n) is 16.9. The topological polar surface area (TPSA) is 246 Å². The predicted molar refractivity (Wildman–Crippen MR) is 191 cm³/mol. The average molecular weight is 751 g/mol. The third kappa shape index (κ3) is 16.6. The Labute approximate surface area is 309 Å². The van der Waals surface area contributed by atoms with Gasteiger partial charge in [-0.2, -0.15) is 0 Å². The minimum absolute atomic E-state index is 0.124. The molecule has 0 aromatic heterocycles. The number of hydrogen-bond donors (Lipinski definition) is 6. The normalized spacial score (nSPS) is 14.7. The molecule has 0 bridgehead atoms. The molecule has 6 atom stereocenters. The molecule has 1 rings (SSSR count). The maximum atomic E-state index is 13.0. The van der Waals surface area contributed by atoms with Crippen molar-refractivity contribution in [1.29, 1.82) is 0 Å². The second-order valence-electron chi connectivity index (χ2n) is 14.4. The standard InChI is InChI=1S/C35H54N6O12/c1-17-15-14-16-24(50-30(46)22(6)38-26(42)18(2)36-28(44)20(4)40-32(48)52-34(8,9)10)25(17)51-31(47)23(7)39-27(43)19(3)37-29(45)21(5)41-33(49)53-35(11,12)13/h14-16,18-23H,1-13H3,(H,36,44)(H,37,45)(H,38,42)(H,39,43)(H,40,48)(H,41,49). The summed E-state index contributed by atoms with van der Waals surface area (Å²) in [7, 11) is 0. The number of ether oxygens (including phenoxy) is 4. The molecule has 1 aromatic carbocycles. The van der Waals surface area contributed by atoms with Gasteiger partial charge in [-0.05, 0) is 102 Å². The summed E-state index contributed by atoms with van der Waals surface area (Å²) in [6.45, 7) is 19.8. The largest absolute Gasteiger partial charge is 0.444 e. The first kappa shape index (κ1) is 45.6. The van der Waals surface area contributed by atoms with Crippen LogP contribution in [-0.4, -0.2) is 95.2 Å². The monoisotopic (exact) mass is 750 g/mol. The number of carbonyl (C=O) groups excluding carboxylic acids is 8. The van der Waals surface area contributed by atoms with Crippen molar-refractivity contribution in [3.63, 3.8) is 0 Å². The molecule has 0 heterocycles. The molecule has 6 unspecified atom stereocenters. The third-order valence-corrected chi connectivity index (χ3v) is 6.77. The molecule has 0 fully saturated rings. The Hall–Kier alpha value is -5.42. The van der Waals surface area contributed by atoms with E-state index >= 15 is 0 Å². The van der Waals surface area contributed by atoms with E-state index in [9.17, 15) is 38.4 Å². The van der Waals surface area contributed by atoms with E-state index in [4.69, 9.17) is 18.9 Å². The van der Waals surface area contributed by atoms with E-state index < -0.39 is 95.2 Å². The van der Waals surface area contributed by atoms with Gasteiger partial charge in [0.05, 0.1) is 0 Å². The minimum Gasteiger partial charge on any atom is -0.444 e. The van der Waals surface area contributed by atoms with E-state index in [1.54, 1.807) is 54.5 Å². The molecule has 53 heavy (non-hydrogen) atoms.